The Kier molecular flexibility index (Phi) is 6.70. The molecule has 9 nitrogen and oxygen atoms in total. The Balaban J connectivity index is 1.33. The molecule has 0 N–H and O–H groups in total. The standard InChI is InChI=1S/C24H36N4O5/c1-17-15-21(28(30)31)22(32-19-5-6-19)16-20(17)26-9-7-18(8-10-26)25-11-13-27(14-12-25)23(29)33-24(2,3)4/h15-16,18-19H,5-14H2,1-4H3. The number of amides is 1. The van der Waals surface area contributed by atoms with Gasteiger partial charge in [0, 0.05) is 63.1 Å². The van der Waals surface area contributed by atoms with Crippen LogP contribution in [0.25, 0.3) is 0 Å². The summed E-state index contributed by atoms with van der Waals surface area (Å²) >= 11 is 0. The molecule has 0 radical (unpaired) electrons. The van der Waals surface area contributed by atoms with Crippen LogP contribution < -0.4 is 9.64 Å². The molecule has 0 aromatic heterocycles. The largest absolute Gasteiger partial charge is 0.483 e. The number of carbonyl (C=O) groups is 1. The summed E-state index contributed by atoms with van der Waals surface area (Å²) in [6.07, 6.45) is 3.88. The van der Waals surface area contributed by atoms with Gasteiger partial charge in [-0.3, -0.25) is 15.0 Å². The van der Waals surface area contributed by atoms with E-state index < -0.39 is 5.60 Å². The summed E-state index contributed by atoms with van der Waals surface area (Å²) < 4.78 is 11.4. The minimum absolute atomic E-state index is 0.0564. The molecule has 1 aromatic rings. The molecule has 0 atom stereocenters. The van der Waals surface area contributed by atoms with Crippen molar-refractivity contribution in [3.8, 4) is 5.75 Å². The quantitative estimate of drug-likeness (QED) is 0.485. The second-order valence-corrected chi connectivity index (χ2v) is 10.4. The predicted molar refractivity (Wildman–Crippen MR) is 126 cm³/mol. The van der Waals surface area contributed by atoms with Crippen molar-refractivity contribution in [1.82, 2.24) is 9.80 Å². The number of nitro groups is 1. The molecule has 2 heterocycles. The van der Waals surface area contributed by atoms with Crippen molar-refractivity contribution in [2.24, 2.45) is 0 Å². The van der Waals surface area contributed by atoms with Crippen LogP contribution in [0.5, 0.6) is 5.75 Å². The zero-order valence-corrected chi connectivity index (χ0v) is 20.2. The average Bonchev–Trinajstić information content (AvgIpc) is 3.58. The van der Waals surface area contributed by atoms with Gasteiger partial charge in [0.05, 0.1) is 11.0 Å². The maximum Gasteiger partial charge on any atom is 0.410 e. The number of anilines is 1. The molecule has 4 rings (SSSR count). The third-order valence-corrected chi connectivity index (χ3v) is 6.58. The highest BCUT2D eigenvalue weighted by molar-refractivity contribution is 5.68. The first kappa shape index (κ1) is 23.6. The van der Waals surface area contributed by atoms with Crippen LogP contribution in [0.2, 0.25) is 0 Å². The predicted octanol–water partition coefficient (Wildman–Crippen LogP) is 3.97. The van der Waals surface area contributed by atoms with E-state index in [-0.39, 0.29) is 22.8 Å². The van der Waals surface area contributed by atoms with Crippen LogP contribution in [-0.2, 0) is 4.74 Å². The van der Waals surface area contributed by atoms with E-state index in [1.54, 1.807) is 11.0 Å². The van der Waals surface area contributed by atoms with Crippen LogP contribution in [0.4, 0.5) is 16.2 Å². The molecular weight excluding hydrogens is 424 g/mol. The Morgan fingerprint density at radius 3 is 2.21 bits per heavy atom. The second-order valence-electron chi connectivity index (χ2n) is 10.4. The summed E-state index contributed by atoms with van der Waals surface area (Å²) in [6.45, 7) is 12.5. The maximum absolute atomic E-state index is 12.3. The molecule has 0 unspecified atom stereocenters. The molecule has 2 aliphatic heterocycles. The Labute approximate surface area is 195 Å². The number of piperazine rings is 1. The molecule has 3 aliphatic rings. The van der Waals surface area contributed by atoms with Gasteiger partial charge in [-0.15, -0.1) is 0 Å². The Morgan fingerprint density at radius 1 is 1.03 bits per heavy atom. The van der Waals surface area contributed by atoms with E-state index in [2.05, 4.69) is 9.80 Å². The number of nitro benzene ring substituents is 1. The van der Waals surface area contributed by atoms with Crippen molar-refractivity contribution in [3.05, 3.63) is 27.8 Å². The SMILES string of the molecule is Cc1cc([N+](=O)[O-])c(OC2CC2)cc1N1CCC(N2CCN(C(=O)OC(C)(C)C)CC2)CC1. The normalized spacial score (nSPS) is 20.6. The molecule has 9 heteroatoms. The van der Waals surface area contributed by atoms with Crippen LogP contribution in [0.15, 0.2) is 12.1 Å². The van der Waals surface area contributed by atoms with Gasteiger partial charge < -0.3 is 19.3 Å². The van der Waals surface area contributed by atoms with E-state index in [4.69, 9.17) is 9.47 Å². The number of ether oxygens (including phenoxy) is 2. The Hall–Kier alpha value is -2.55. The molecule has 0 bridgehead atoms. The number of hydrogen-bond acceptors (Lipinski definition) is 7. The molecule has 1 saturated carbocycles. The lowest BCUT2D eigenvalue weighted by Gasteiger charge is -2.43. The molecular formula is C24H36N4O5. The van der Waals surface area contributed by atoms with E-state index in [1.807, 2.05) is 33.8 Å². The fraction of sp³-hybridized carbons (Fsp3) is 0.708. The Bertz CT molecular complexity index is 880. The topological polar surface area (TPSA) is 88.4 Å². The lowest BCUT2D eigenvalue weighted by molar-refractivity contribution is -0.386. The highest BCUT2D eigenvalue weighted by Crippen LogP contribution is 2.39. The molecule has 182 valence electrons. The molecule has 1 amide bonds. The van der Waals surface area contributed by atoms with Gasteiger partial charge in [-0.25, -0.2) is 4.79 Å². The van der Waals surface area contributed by atoms with Gasteiger partial charge in [-0.05, 0) is 58.9 Å². The number of aryl methyl sites for hydroxylation is 1. The van der Waals surface area contributed by atoms with E-state index >= 15 is 0 Å². The van der Waals surface area contributed by atoms with Crippen LogP contribution in [0.3, 0.4) is 0 Å². The van der Waals surface area contributed by atoms with E-state index in [0.29, 0.717) is 24.9 Å². The van der Waals surface area contributed by atoms with Crippen molar-refractivity contribution < 1.29 is 19.2 Å². The van der Waals surface area contributed by atoms with Crippen molar-refractivity contribution in [2.45, 2.75) is 71.1 Å². The fourth-order valence-electron chi connectivity index (χ4n) is 4.67. The summed E-state index contributed by atoms with van der Waals surface area (Å²) in [7, 11) is 0. The molecule has 1 aromatic carbocycles. The molecule has 3 fully saturated rings. The van der Waals surface area contributed by atoms with Gasteiger partial charge in [0.25, 0.3) is 0 Å². The molecule has 33 heavy (non-hydrogen) atoms. The molecule has 0 spiro atoms. The third-order valence-electron chi connectivity index (χ3n) is 6.58. The summed E-state index contributed by atoms with van der Waals surface area (Å²) in [6, 6.07) is 4.00. The molecule has 2 saturated heterocycles. The van der Waals surface area contributed by atoms with Gasteiger partial charge >= 0.3 is 11.8 Å². The number of carbonyl (C=O) groups excluding carboxylic acids is 1. The van der Waals surface area contributed by atoms with Gasteiger partial charge in [0.15, 0.2) is 5.75 Å². The van der Waals surface area contributed by atoms with Gasteiger partial charge in [0.2, 0.25) is 0 Å². The van der Waals surface area contributed by atoms with Crippen molar-refractivity contribution in [3.63, 3.8) is 0 Å². The third kappa shape index (κ3) is 5.88. The average molecular weight is 461 g/mol. The number of hydrogen-bond donors (Lipinski definition) is 0. The zero-order valence-electron chi connectivity index (χ0n) is 20.2. The van der Waals surface area contributed by atoms with Crippen LogP contribution >= 0.6 is 0 Å². The lowest BCUT2D eigenvalue weighted by Crippen LogP contribution is -2.55. The minimum atomic E-state index is -0.472. The van der Waals surface area contributed by atoms with Crippen molar-refractivity contribution in [1.29, 1.82) is 0 Å². The van der Waals surface area contributed by atoms with Crippen LogP contribution in [0.1, 0.15) is 52.0 Å². The number of nitrogens with zero attached hydrogens (tertiary/aromatic N) is 4. The first-order chi connectivity index (χ1) is 15.6. The highest BCUT2D eigenvalue weighted by atomic mass is 16.6. The minimum Gasteiger partial charge on any atom is -0.483 e. The smallest absolute Gasteiger partial charge is 0.410 e. The first-order valence-electron chi connectivity index (χ1n) is 12.0. The first-order valence-corrected chi connectivity index (χ1v) is 12.0. The summed E-state index contributed by atoms with van der Waals surface area (Å²) in [5.41, 5.74) is 1.53. The van der Waals surface area contributed by atoms with E-state index in [9.17, 15) is 14.9 Å². The summed E-state index contributed by atoms with van der Waals surface area (Å²) in [5, 5.41) is 11.5. The second kappa shape index (κ2) is 9.37. The van der Waals surface area contributed by atoms with Crippen molar-refractivity contribution >= 4 is 17.5 Å². The maximum atomic E-state index is 12.3. The Morgan fingerprint density at radius 2 is 1.67 bits per heavy atom. The van der Waals surface area contributed by atoms with Gasteiger partial charge in [-0.1, -0.05) is 0 Å². The van der Waals surface area contributed by atoms with E-state index in [1.165, 1.54) is 0 Å². The van der Waals surface area contributed by atoms with Crippen LogP contribution in [-0.4, -0.2) is 77.8 Å². The summed E-state index contributed by atoms with van der Waals surface area (Å²) in [5.74, 6) is 0.392. The zero-order chi connectivity index (χ0) is 23.8. The van der Waals surface area contributed by atoms with Crippen LogP contribution in [0, 0.1) is 17.0 Å². The van der Waals surface area contributed by atoms with E-state index in [0.717, 1.165) is 63.1 Å². The summed E-state index contributed by atoms with van der Waals surface area (Å²) in [4.78, 5) is 30.1. The fourth-order valence-corrected chi connectivity index (χ4v) is 4.67. The van der Waals surface area contributed by atoms with Gasteiger partial charge in [0.1, 0.15) is 5.60 Å². The molecule has 1 aliphatic carbocycles. The highest BCUT2D eigenvalue weighted by Gasteiger charge is 2.32. The number of piperidine rings is 1. The van der Waals surface area contributed by atoms with Gasteiger partial charge in [-0.2, -0.15) is 0 Å². The monoisotopic (exact) mass is 460 g/mol. The number of rotatable bonds is 5. The number of benzene rings is 1. The lowest BCUT2D eigenvalue weighted by atomic mass is 10.0. The van der Waals surface area contributed by atoms with Crippen molar-refractivity contribution in [2.75, 3.05) is 44.2 Å².